The van der Waals surface area contributed by atoms with E-state index in [0.717, 1.165) is 61.1 Å². The molecule has 1 saturated heterocycles. The van der Waals surface area contributed by atoms with Gasteiger partial charge in [0.25, 0.3) is 0 Å². The number of aryl methyl sites for hydroxylation is 2. The van der Waals surface area contributed by atoms with Crippen molar-refractivity contribution in [3.8, 4) is 17.2 Å². The highest BCUT2D eigenvalue weighted by Crippen LogP contribution is 2.32. The molecule has 2 aliphatic heterocycles. The third kappa shape index (κ3) is 7.90. The molecule has 2 aliphatic rings. The predicted molar refractivity (Wildman–Crippen MR) is 137 cm³/mol. The first kappa shape index (κ1) is 28.5. The summed E-state index contributed by atoms with van der Waals surface area (Å²) in [5, 5.41) is 10.3. The molecule has 0 saturated carbocycles. The minimum Gasteiger partial charge on any atom is -0.491 e. The van der Waals surface area contributed by atoms with Crippen LogP contribution in [0.25, 0.3) is 0 Å². The van der Waals surface area contributed by atoms with E-state index in [9.17, 15) is 5.11 Å². The molecule has 4 rings (SSSR count). The normalized spacial score (nSPS) is 16.4. The van der Waals surface area contributed by atoms with Crippen LogP contribution in [-0.4, -0.2) is 80.3 Å². The fourth-order valence-electron chi connectivity index (χ4n) is 4.23. The molecule has 0 bridgehead atoms. The molecule has 34 heavy (non-hydrogen) atoms. The van der Waals surface area contributed by atoms with E-state index in [1.165, 1.54) is 5.56 Å². The monoisotopic (exact) mass is 514 g/mol. The number of hydrogen-bond acceptors (Lipinski definition) is 7. The third-order valence-corrected chi connectivity index (χ3v) is 5.97. The van der Waals surface area contributed by atoms with Crippen molar-refractivity contribution in [3.05, 3.63) is 53.1 Å². The molecule has 0 amide bonds. The van der Waals surface area contributed by atoms with Gasteiger partial charge in [-0.2, -0.15) is 0 Å². The fraction of sp³-hybridized carbons (Fsp3) is 0.520. The largest absolute Gasteiger partial charge is 0.491 e. The summed E-state index contributed by atoms with van der Waals surface area (Å²) >= 11 is 0. The molecule has 1 atom stereocenters. The molecular weight excluding hydrogens is 479 g/mol. The van der Waals surface area contributed by atoms with Crippen molar-refractivity contribution < 1.29 is 24.1 Å². The first-order chi connectivity index (χ1) is 15.6. The van der Waals surface area contributed by atoms with E-state index in [1.807, 2.05) is 38.1 Å². The summed E-state index contributed by atoms with van der Waals surface area (Å²) in [5.41, 5.74) is 3.49. The summed E-state index contributed by atoms with van der Waals surface area (Å²) in [6.45, 7) is 11.0. The van der Waals surface area contributed by atoms with Gasteiger partial charge in [-0.1, -0.05) is 24.3 Å². The van der Waals surface area contributed by atoms with Crippen LogP contribution in [-0.2, 0) is 11.3 Å². The molecule has 2 heterocycles. The molecule has 2 aromatic carbocycles. The summed E-state index contributed by atoms with van der Waals surface area (Å²) in [5.74, 6) is 2.59. The van der Waals surface area contributed by atoms with E-state index in [-0.39, 0.29) is 24.8 Å². The second-order valence-corrected chi connectivity index (χ2v) is 8.56. The van der Waals surface area contributed by atoms with E-state index in [2.05, 4.69) is 21.9 Å². The van der Waals surface area contributed by atoms with Crippen molar-refractivity contribution in [2.45, 2.75) is 26.5 Å². The summed E-state index contributed by atoms with van der Waals surface area (Å²) < 4.78 is 22.3. The van der Waals surface area contributed by atoms with Crippen molar-refractivity contribution in [2.75, 3.05) is 59.3 Å². The van der Waals surface area contributed by atoms with Gasteiger partial charge in [-0.05, 0) is 42.7 Å². The van der Waals surface area contributed by atoms with E-state index in [0.29, 0.717) is 33.2 Å². The summed E-state index contributed by atoms with van der Waals surface area (Å²) in [4.78, 5) is 4.74. The number of aliphatic hydroxyl groups excluding tert-OH is 1. The summed E-state index contributed by atoms with van der Waals surface area (Å²) in [6, 6.07) is 12.3. The molecule has 1 N–H and O–H groups in total. The summed E-state index contributed by atoms with van der Waals surface area (Å²) in [7, 11) is 0. The van der Waals surface area contributed by atoms with Crippen LogP contribution >= 0.6 is 24.8 Å². The first-order valence-corrected chi connectivity index (χ1v) is 11.4. The Morgan fingerprint density at radius 1 is 0.912 bits per heavy atom. The number of para-hydroxylation sites is 1. The molecule has 190 valence electrons. The highest BCUT2D eigenvalue weighted by Gasteiger charge is 2.20. The van der Waals surface area contributed by atoms with Gasteiger partial charge in [0.05, 0.1) is 19.3 Å². The zero-order valence-electron chi connectivity index (χ0n) is 19.9. The van der Waals surface area contributed by atoms with Crippen LogP contribution in [0.2, 0.25) is 0 Å². The van der Waals surface area contributed by atoms with Gasteiger partial charge in [-0.3, -0.25) is 9.80 Å². The van der Waals surface area contributed by atoms with Crippen LogP contribution in [0, 0.1) is 13.8 Å². The van der Waals surface area contributed by atoms with Gasteiger partial charge in [-0.25, -0.2) is 0 Å². The second kappa shape index (κ2) is 14.0. The lowest BCUT2D eigenvalue weighted by molar-refractivity contribution is -0.000526. The maximum Gasteiger partial charge on any atom is 0.231 e. The van der Waals surface area contributed by atoms with Crippen LogP contribution < -0.4 is 14.2 Å². The molecule has 1 unspecified atom stereocenters. The molecule has 0 aromatic heterocycles. The van der Waals surface area contributed by atoms with E-state index in [4.69, 9.17) is 18.9 Å². The zero-order valence-corrected chi connectivity index (χ0v) is 21.5. The Morgan fingerprint density at radius 3 is 2.32 bits per heavy atom. The van der Waals surface area contributed by atoms with Crippen LogP contribution in [0.15, 0.2) is 36.4 Å². The maximum atomic E-state index is 10.3. The van der Waals surface area contributed by atoms with E-state index < -0.39 is 6.10 Å². The number of hydrogen-bond donors (Lipinski definition) is 1. The standard InChI is InChI=1S/C25H34N2O5.2ClH/c1-19-4-3-5-20(2)25(19)30-13-12-29-17-22(28)16-27-10-8-26(9-11-27)15-21-6-7-23-24(14-21)32-18-31-23;;/h3-7,14,22,28H,8-13,15-18H2,1-2H3;2*1H. The van der Waals surface area contributed by atoms with Gasteiger partial charge in [-0.15, -0.1) is 24.8 Å². The quantitative estimate of drug-likeness (QED) is 0.487. The number of ether oxygens (including phenoxy) is 4. The molecule has 7 nitrogen and oxygen atoms in total. The highest BCUT2D eigenvalue weighted by atomic mass is 35.5. The Labute approximate surface area is 214 Å². The van der Waals surface area contributed by atoms with Gasteiger partial charge >= 0.3 is 0 Å². The first-order valence-electron chi connectivity index (χ1n) is 11.4. The Balaban J connectivity index is 0.00000204. The molecule has 0 radical (unpaired) electrons. The molecule has 0 spiro atoms. The number of aliphatic hydroxyl groups is 1. The van der Waals surface area contributed by atoms with Gasteiger partial charge in [0.15, 0.2) is 11.5 Å². The topological polar surface area (TPSA) is 63.6 Å². The van der Waals surface area contributed by atoms with Crippen LogP contribution in [0.5, 0.6) is 17.2 Å². The van der Waals surface area contributed by atoms with Crippen LogP contribution in [0.3, 0.4) is 0 Å². The fourth-order valence-corrected chi connectivity index (χ4v) is 4.23. The Morgan fingerprint density at radius 2 is 1.59 bits per heavy atom. The average Bonchev–Trinajstić information content (AvgIpc) is 3.25. The molecule has 2 aromatic rings. The van der Waals surface area contributed by atoms with Gasteiger partial charge in [0, 0.05) is 39.3 Å². The number of β-amino-alcohol motifs (C(OH)–C–C–N with tert-alkyl or cyclic N) is 1. The zero-order chi connectivity index (χ0) is 22.3. The number of rotatable bonds is 10. The minimum absolute atomic E-state index is 0. The predicted octanol–water partition coefficient (Wildman–Crippen LogP) is 3.45. The number of piperazine rings is 1. The van der Waals surface area contributed by atoms with Crippen molar-refractivity contribution in [1.29, 1.82) is 0 Å². The number of nitrogens with zero attached hydrogens (tertiary/aromatic N) is 2. The molecule has 1 fully saturated rings. The Kier molecular flexibility index (Phi) is 11.7. The Hall–Kier alpha value is -1.74. The lowest BCUT2D eigenvalue weighted by atomic mass is 10.1. The van der Waals surface area contributed by atoms with Gasteiger partial charge < -0.3 is 24.1 Å². The van der Waals surface area contributed by atoms with Crippen molar-refractivity contribution >= 4 is 24.8 Å². The maximum absolute atomic E-state index is 10.3. The summed E-state index contributed by atoms with van der Waals surface area (Å²) in [6.07, 6.45) is -0.490. The lowest BCUT2D eigenvalue weighted by Gasteiger charge is -2.35. The molecular formula is C25H36Cl2N2O5. The second-order valence-electron chi connectivity index (χ2n) is 8.56. The number of fused-ring (bicyclic) bond motifs is 1. The highest BCUT2D eigenvalue weighted by molar-refractivity contribution is 5.85. The minimum atomic E-state index is -0.490. The number of benzene rings is 2. The average molecular weight is 515 g/mol. The SMILES string of the molecule is Cc1cccc(C)c1OCCOCC(O)CN1CCN(Cc2ccc3c(c2)OCO3)CC1.Cl.Cl. The van der Waals surface area contributed by atoms with Crippen LogP contribution in [0.4, 0.5) is 0 Å². The van der Waals surface area contributed by atoms with E-state index >= 15 is 0 Å². The smallest absolute Gasteiger partial charge is 0.231 e. The van der Waals surface area contributed by atoms with Crippen molar-refractivity contribution in [1.82, 2.24) is 9.80 Å². The van der Waals surface area contributed by atoms with E-state index in [1.54, 1.807) is 0 Å². The van der Waals surface area contributed by atoms with Crippen LogP contribution in [0.1, 0.15) is 16.7 Å². The van der Waals surface area contributed by atoms with Gasteiger partial charge in [0.2, 0.25) is 6.79 Å². The Bertz CT molecular complexity index is 873. The van der Waals surface area contributed by atoms with Crippen molar-refractivity contribution in [2.24, 2.45) is 0 Å². The molecule has 0 aliphatic carbocycles. The number of halogens is 2. The lowest BCUT2D eigenvalue weighted by Crippen LogP contribution is -2.48. The third-order valence-electron chi connectivity index (χ3n) is 5.97. The van der Waals surface area contributed by atoms with Gasteiger partial charge in [0.1, 0.15) is 12.4 Å². The van der Waals surface area contributed by atoms with Crippen molar-refractivity contribution in [3.63, 3.8) is 0 Å². The molecule has 9 heteroatoms.